The lowest BCUT2D eigenvalue weighted by Gasteiger charge is -2.25. The number of hydrogen-bond acceptors (Lipinski definition) is 2. The number of nitrogens with one attached hydrogen (secondary N) is 1. The molecular weight excluding hydrogens is 154 g/mol. The molecule has 0 unspecified atom stereocenters. The fourth-order valence-electron chi connectivity index (χ4n) is 1.81. The van der Waals surface area contributed by atoms with Crippen molar-refractivity contribution in [2.75, 3.05) is 13.7 Å². The Hall–Kier alpha value is -0.570. The molecule has 0 aliphatic heterocycles. The number of aliphatic hydroxyl groups excluding tert-OH is 1. The summed E-state index contributed by atoms with van der Waals surface area (Å²) in [5, 5.41) is 11.5. The molecule has 1 saturated carbocycles. The normalized spacial score (nSPS) is 29.8. The summed E-state index contributed by atoms with van der Waals surface area (Å²) in [7, 11) is 1.68. The van der Waals surface area contributed by atoms with E-state index in [1.165, 1.54) is 0 Å². The van der Waals surface area contributed by atoms with Crippen LogP contribution in [0.5, 0.6) is 0 Å². The summed E-state index contributed by atoms with van der Waals surface area (Å²) in [5.74, 6) is 0.787. The molecule has 3 nitrogen and oxygen atoms in total. The average molecular weight is 171 g/mol. The molecule has 2 N–H and O–H groups in total. The molecule has 0 radical (unpaired) electrons. The van der Waals surface area contributed by atoms with Crippen LogP contribution in [0.4, 0.5) is 0 Å². The van der Waals surface area contributed by atoms with Crippen molar-refractivity contribution in [2.24, 2.45) is 11.8 Å². The number of amides is 1. The molecule has 0 heterocycles. The van der Waals surface area contributed by atoms with Gasteiger partial charge in [0.15, 0.2) is 0 Å². The molecular formula is C9H17NO2. The summed E-state index contributed by atoms with van der Waals surface area (Å²) < 4.78 is 0. The van der Waals surface area contributed by atoms with E-state index in [1.807, 2.05) is 0 Å². The summed E-state index contributed by atoms with van der Waals surface area (Å²) in [6.45, 7) is 0.278. The molecule has 1 aliphatic rings. The smallest absolute Gasteiger partial charge is 0.222 e. The summed E-state index contributed by atoms with van der Waals surface area (Å²) in [4.78, 5) is 11.2. The van der Waals surface area contributed by atoms with Crippen molar-refractivity contribution < 1.29 is 9.90 Å². The van der Waals surface area contributed by atoms with Crippen LogP contribution >= 0.6 is 0 Å². The highest BCUT2D eigenvalue weighted by molar-refractivity contribution is 5.78. The fourth-order valence-corrected chi connectivity index (χ4v) is 1.81. The van der Waals surface area contributed by atoms with Crippen molar-refractivity contribution in [2.45, 2.75) is 25.7 Å². The molecule has 1 aliphatic carbocycles. The Bertz CT molecular complexity index is 151. The zero-order chi connectivity index (χ0) is 8.97. The molecule has 0 saturated heterocycles. The molecule has 0 atom stereocenters. The maximum absolute atomic E-state index is 11.2. The summed E-state index contributed by atoms with van der Waals surface area (Å²) >= 11 is 0. The monoisotopic (exact) mass is 171 g/mol. The van der Waals surface area contributed by atoms with Crippen LogP contribution in [-0.2, 0) is 4.79 Å². The van der Waals surface area contributed by atoms with Crippen LogP contribution in [0.3, 0.4) is 0 Å². The van der Waals surface area contributed by atoms with Gasteiger partial charge in [-0.3, -0.25) is 4.79 Å². The number of hydrogen-bond donors (Lipinski definition) is 2. The third-order valence-corrected chi connectivity index (χ3v) is 2.72. The van der Waals surface area contributed by atoms with E-state index < -0.39 is 0 Å². The van der Waals surface area contributed by atoms with Gasteiger partial charge in [-0.15, -0.1) is 0 Å². The molecule has 12 heavy (non-hydrogen) atoms. The van der Waals surface area contributed by atoms with Gasteiger partial charge in [0.25, 0.3) is 0 Å². The molecule has 1 amide bonds. The van der Waals surface area contributed by atoms with Gasteiger partial charge in [-0.05, 0) is 31.6 Å². The molecule has 3 heteroatoms. The van der Waals surface area contributed by atoms with Gasteiger partial charge in [-0.2, -0.15) is 0 Å². The van der Waals surface area contributed by atoms with Gasteiger partial charge in [0.05, 0.1) is 0 Å². The largest absolute Gasteiger partial charge is 0.396 e. The number of carbonyl (C=O) groups is 1. The van der Waals surface area contributed by atoms with Crippen LogP contribution in [0.1, 0.15) is 25.7 Å². The number of rotatable bonds is 2. The van der Waals surface area contributed by atoms with E-state index in [1.54, 1.807) is 7.05 Å². The van der Waals surface area contributed by atoms with Gasteiger partial charge in [0, 0.05) is 19.6 Å². The van der Waals surface area contributed by atoms with Crippen LogP contribution < -0.4 is 5.32 Å². The second kappa shape index (κ2) is 4.45. The van der Waals surface area contributed by atoms with Crippen LogP contribution in [0.25, 0.3) is 0 Å². The summed E-state index contributed by atoms with van der Waals surface area (Å²) in [6, 6.07) is 0. The highest BCUT2D eigenvalue weighted by atomic mass is 16.3. The van der Waals surface area contributed by atoms with Crippen LogP contribution in [-0.4, -0.2) is 24.7 Å². The first-order valence-electron chi connectivity index (χ1n) is 4.60. The second-order valence-electron chi connectivity index (χ2n) is 3.51. The molecule has 1 rings (SSSR count). The fraction of sp³-hybridized carbons (Fsp3) is 0.889. The van der Waals surface area contributed by atoms with Gasteiger partial charge < -0.3 is 10.4 Å². The van der Waals surface area contributed by atoms with E-state index in [0.717, 1.165) is 25.7 Å². The molecule has 70 valence electrons. The minimum Gasteiger partial charge on any atom is -0.396 e. The number of aliphatic hydroxyl groups is 1. The maximum atomic E-state index is 11.2. The van der Waals surface area contributed by atoms with E-state index in [-0.39, 0.29) is 18.4 Å². The van der Waals surface area contributed by atoms with E-state index in [2.05, 4.69) is 5.32 Å². The predicted molar refractivity (Wildman–Crippen MR) is 46.6 cm³/mol. The van der Waals surface area contributed by atoms with Crippen molar-refractivity contribution in [1.29, 1.82) is 0 Å². The Morgan fingerprint density at radius 2 is 2.00 bits per heavy atom. The third-order valence-electron chi connectivity index (χ3n) is 2.72. The van der Waals surface area contributed by atoms with Gasteiger partial charge in [0.2, 0.25) is 5.91 Å². The molecule has 0 aromatic carbocycles. The lowest BCUT2D eigenvalue weighted by Crippen LogP contribution is -2.31. The van der Waals surface area contributed by atoms with Gasteiger partial charge in [-0.25, -0.2) is 0 Å². The topological polar surface area (TPSA) is 49.3 Å². The first-order valence-corrected chi connectivity index (χ1v) is 4.60. The van der Waals surface area contributed by atoms with E-state index >= 15 is 0 Å². The lowest BCUT2D eigenvalue weighted by molar-refractivity contribution is -0.125. The van der Waals surface area contributed by atoms with Crippen molar-refractivity contribution in [1.82, 2.24) is 5.32 Å². The van der Waals surface area contributed by atoms with Crippen LogP contribution in [0.2, 0.25) is 0 Å². The Morgan fingerprint density at radius 1 is 1.42 bits per heavy atom. The van der Waals surface area contributed by atoms with Gasteiger partial charge in [-0.1, -0.05) is 0 Å². The van der Waals surface area contributed by atoms with Crippen molar-refractivity contribution in [3.05, 3.63) is 0 Å². The minimum absolute atomic E-state index is 0.159. The summed E-state index contributed by atoms with van der Waals surface area (Å²) in [6.07, 6.45) is 3.86. The zero-order valence-electron chi connectivity index (χ0n) is 7.55. The Balaban J connectivity index is 2.30. The average Bonchev–Trinajstić information content (AvgIpc) is 2.17. The van der Waals surface area contributed by atoms with Crippen LogP contribution in [0.15, 0.2) is 0 Å². The predicted octanol–water partition coefficient (Wildman–Crippen LogP) is 0.531. The number of carbonyl (C=O) groups excluding carboxylic acids is 1. The first-order chi connectivity index (χ1) is 5.77. The standard InChI is InChI=1S/C9H17NO2/c1-10-9(12)8-4-2-7(6-11)3-5-8/h7-8,11H,2-6H2,1H3,(H,10,12). The van der Waals surface area contributed by atoms with Gasteiger partial charge >= 0.3 is 0 Å². The Labute approximate surface area is 73.2 Å². The van der Waals surface area contributed by atoms with Crippen molar-refractivity contribution in [3.63, 3.8) is 0 Å². The Kier molecular flexibility index (Phi) is 3.53. The van der Waals surface area contributed by atoms with Crippen molar-refractivity contribution in [3.8, 4) is 0 Å². The molecule has 0 bridgehead atoms. The third kappa shape index (κ3) is 2.21. The quantitative estimate of drug-likeness (QED) is 0.636. The molecule has 0 spiro atoms. The maximum Gasteiger partial charge on any atom is 0.222 e. The minimum atomic E-state index is 0.159. The van der Waals surface area contributed by atoms with E-state index in [9.17, 15) is 4.79 Å². The summed E-state index contributed by atoms with van der Waals surface area (Å²) in [5.41, 5.74) is 0. The van der Waals surface area contributed by atoms with Crippen LogP contribution in [0, 0.1) is 11.8 Å². The molecule has 1 fully saturated rings. The van der Waals surface area contributed by atoms with Gasteiger partial charge in [0.1, 0.15) is 0 Å². The SMILES string of the molecule is CNC(=O)C1CCC(CO)CC1. The second-order valence-corrected chi connectivity index (χ2v) is 3.51. The van der Waals surface area contributed by atoms with E-state index in [4.69, 9.17) is 5.11 Å². The Morgan fingerprint density at radius 3 is 2.42 bits per heavy atom. The highest BCUT2D eigenvalue weighted by Crippen LogP contribution is 2.28. The highest BCUT2D eigenvalue weighted by Gasteiger charge is 2.24. The molecule has 0 aromatic heterocycles. The lowest BCUT2D eigenvalue weighted by atomic mass is 9.82. The van der Waals surface area contributed by atoms with Crippen molar-refractivity contribution >= 4 is 5.91 Å². The molecule has 0 aromatic rings. The first kappa shape index (κ1) is 9.52. The van der Waals surface area contributed by atoms with E-state index in [0.29, 0.717) is 5.92 Å². The zero-order valence-corrected chi connectivity index (χ0v) is 7.55.